The van der Waals surface area contributed by atoms with Gasteiger partial charge in [-0.15, -0.1) is 0 Å². The summed E-state index contributed by atoms with van der Waals surface area (Å²) in [5.41, 5.74) is 0.858. The van der Waals surface area contributed by atoms with Gasteiger partial charge in [0.25, 0.3) is 0 Å². The Balaban J connectivity index is 2.32. The second kappa shape index (κ2) is 8.07. The highest BCUT2D eigenvalue weighted by Gasteiger charge is 2.09. The lowest BCUT2D eigenvalue weighted by molar-refractivity contribution is -0.706. The van der Waals surface area contributed by atoms with E-state index in [4.69, 9.17) is 0 Å². The summed E-state index contributed by atoms with van der Waals surface area (Å²) in [7, 11) is 0. The van der Waals surface area contributed by atoms with Gasteiger partial charge in [0, 0.05) is 12.5 Å². The monoisotopic (exact) mass is 238 g/mol. The first-order valence-corrected chi connectivity index (χ1v) is 6.60. The van der Waals surface area contributed by atoms with Gasteiger partial charge in [-0.3, -0.25) is 0 Å². The molecule has 2 N–H and O–H groups in total. The van der Waals surface area contributed by atoms with Crippen LogP contribution in [-0.2, 0) is 13.2 Å². The van der Waals surface area contributed by atoms with Gasteiger partial charge in [-0.25, -0.2) is 0 Å². The van der Waals surface area contributed by atoms with Gasteiger partial charge >= 0.3 is 0 Å². The van der Waals surface area contributed by atoms with Gasteiger partial charge in [0.15, 0.2) is 5.75 Å². The first kappa shape index (κ1) is 14.0. The summed E-state index contributed by atoms with van der Waals surface area (Å²) in [5, 5.41) is 18.6. The molecule has 0 amide bonds. The highest BCUT2D eigenvalue weighted by molar-refractivity contribution is 5.13. The van der Waals surface area contributed by atoms with E-state index < -0.39 is 0 Å². The number of pyridine rings is 1. The number of aryl methyl sites for hydroxylation is 1. The molecular weight excluding hydrogens is 214 g/mol. The van der Waals surface area contributed by atoms with E-state index in [0.717, 1.165) is 18.7 Å². The summed E-state index contributed by atoms with van der Waals surface area (Å²) in [5.74, 6) is 0.258. The molecule has 0 saturated heterocycles. The molecule has 0 radical (unpaired) electrons. The normalized spacial score (nSPS) is 10.7. The van der Waals surface area contributed by atoms with Gasteiger partial charge < -0.3 is 10.2 Å². The SMILES string of the molecule is CCCCCCCC[n+]1cc(O)ccc1CO. The Labute approximate surface area is 104 Å². The van der Waals surface area contributed by atoms with Crippen molar-refractivity contribution in [2.75, 3.05) is 0 Å². The minimum Gasteiger partial charge on any atom is -0.503 e. The van der Waals surface area contributed by atoms with Crippen molar-refractivity contribution < 1.29 is 14.8 Å². The van der Waals surface area contributed by atoms with E-state index in [2.05, 4.69) is 6.92 Å². The molecule has 17 heavy (non-hydrogen) atoms. The summed E-state index contributed by atoms with van der Waals surface area (Å²) >= 11 is 0. The Morgan fingerprint density at radius 1 is 1.06 bits per heavy atom. The fraction of sp³-hybridized carbons (Fsp3) is 0.643. The molecule has 0 unspecified atom stereocenters. The molecule has 1 heterocycles. The molecular formula is C14H24NO2+. The highest BCUT2D eigenvalue weighted by atomic mass is 16.3. The van der Waals surface area contributed by atoms with E-state index in [-0.39, 0.29) is 12.4 Å². The molecule has 1 aromatic heterocycles. The molecule has 0 aliphatic carbocycles. The average Bonchev–Trinajstić information content (AvgIpc) is 2.34. The Kier molecular flexibility index (Phi) is 6.63. The second-order valence-corrected chi connectivity index (χ2v) is 4.50. The molecule has 0 spiro atoms. The maximum atomic E-state index is 9.40. The van der Waals surface area contributed by atoms with Crippen LogP contribution < -0.4 is 4.57 Å². The number of hydrogen-bond donors (Lipinski definition) is 2. The quantitative estimate of drug-likeness (QED) is 0.540. The van der Waals surface area contributed by atoms with Crippen LogP contribution >= 0.6 is 0 Å². The molecule has 1 rings (SSSR count). The van der Waals surface area contributed by atoms with E-state index in [1.165, 1.54) is 32.1 Å². The predicted octanol–water partition coefficient (Wildman–Crippen LogP) is 2.53. The molecule has 0 aliphatic heterocycles. The van der Waals surface area contributed by atoms with Gasteiger partial charge in [0.1, 0.15) is 13.2 Å². The first-order valence-electron chi connectivity index (χ1n) is 6.60. The van der Waals surface area contributed by atoms with Gasteiger partial charge in [0.2, 0.25) is 11.9 Å². The van der Waals surface area contributed by atoms with Crippen LogP contribution in [0.1, 0.15) is 51.1 Å². The third-order valence-electron chi connectivity index (χ3n) is 3.02. The molecule has 0 saturated carbocycles. The molecule has 0 fully saturated rings. The maximum Gasteiger partial charge on any atom is 0.211 e. The van der Waals surface area contributed by atoms with Crippen LogP contribution in [0.15, 0.2) is 18.3 Å². The zero-order valence-electron chi connectivity index (χ0n) is 10.7. The number of aromatic hydroxyl groups is 1. The van der Waals surface area contributed by atoms with Crippen molar-refractivity contribution in [3.8, 4) is 5.75 Å². The van der Waals surface area contributed by atoms with Crippen LogP contribution in [0.4, 0.5) is 0 Å². The highest BCUT2D eigenvalue weighted by Crippen LogP contribution is 2.07. The largest absolute Gasteiger partial charge is 0.503 e. The average molecular weight is 238 g/mol. The first-order chi connectivity index (χ1) is 8.27. The van der Waals surface area contributed by atoms with Gasteiger partial charge in [-0.05, 0) is 12.5 Å². The van der Waals surface area contributed by atoms with E-state index in [1.807, 2.05) is 4.57 Å². The molecule has 3 heteroatoms. The third kappa shape index (κ3) is 5.18. The zero-order valence-corrected chi connectivity index (χ0v) is 10.7. The number of aliphatic hydroxyl groups excluding tert-OH is 1. The molecule has 96 valence electrons. The number of aromatic nitrogens is 1. The van der Waals surface area contributed by atoms with Crippen molar-refractivity contribution in [3.63, 3.8) is 0 Å². The van der Waals surface area contributed by atoms with Crippen molar-refractivity contribution in [1.29, 1.82) is 0 Å². The van der Waals surface area contributed by atoms with E-state index in [1.54, 1.807) is 18.3 Å². The predicted molar refractivity (Wildman–Crippen MR) is 67.6 cm³/mol. The lowest BCUT2D eigenvalue weighted by atomic mass is 10.1. The molecule has 0 bridgehead atoms. The molecule has 0 aliphatic rings. The van der Waals surface area contributed by atoms with Crippen molar-refractivity contribution in [2.24, 2.45) is 0 Å². The van der Waals surface area contributed by atoms with Crippen LogP contribution in [0.5, 0.6) is 5.75 Å². The Morgan fingerprint density at radius 2 is 1.76 bits per heavy atom. The summed E-state index contributed by atoms with van der Waals surface area (Å²) in [6, 6.07) is 3.38. The number of aliphatic hydroxyl groups is 1. The van der Waals surface area contributed by atoms with E-state index >= 15 is 0 Å². The standard InChI is InChI=1S/C14H23NO2/c1-2-3-4-5-6-7-10-15-11-14(17)9-8-13(15)12-16/h8-9,11,16H,2-7,10,12H2,1H3/p+1. The zero-order chi connectivity index (χ0) is 12.5. The third-order valence-corrected chi connectivity index (χ3v) is 3.02. The smallest absolute Gasteiger partial charge is 0.211 e. The fourth-order valence-corrected chi connectivity index (χ4v) is 1.98. The van der Waals surface area contributed by atoms with Crippen LogP contribution in [0.2, 0.25) is 0 Å². The van der Waals surface area contributed by atoms with Crippen molar-refractivity contribution >= 4 is 0 Å². The summed E-state index contributed by atoms with van der Waals surface area (Å²) in [6.07, 6.45) is 9.20. The molecule has 0 aromatic carbocycles. The number of rotatable bonds is 8. The Bertz CT molecular complexity index is 326. The van der Waals surface area contributed by atoms with E-state index in [0.29, 0.717) is 0 Å². The van der Waals surface area contributed by atoms with Crippen LogP contribution in [0.25, 0.3) is 0 Å². The Morgan fingerprint density at radius 3 is 2.47 bits per heavy atom. The summed E-state index contributed by atoms with van der Waals surface area (Å²) in [4.78, 5) is 0. The van der Waals surface area contributed by atoms with Crippen molar-refractivity contribution in [2.45, 2.75) is 58.6 Å². The van der Waals surface area contributed by atoms with Crippen molar-refractivity contribution in [1.82, 2.24) is 0 Å². The van der Waals surface area contributed by atoms with Gasteiger partial charge in [-0.2, -0.15) is 4.57 Å². The van der Waals surface area contributed by atoms with Crippen molar-refractivity contribution in [3.05, 3.63) is 24.0 Å². The fourth-order valence-electron chi connectivity index (χ4n) is 1.98. The number of hydrogen-bond acceptors (Lipinski definition) is 2. The second-order valence-electron chi connectivity index (χ2n) is 4.50. The summed E-state index contributed by atoms with van der Waals surface area (Å²) in [6.45, 7) is 3.11. The summed E-state index contributed by atoms with van der Waals surface area (Å²) < 4.78 is 1.94. The number of nitrogens with zero attached hydrogens (tertiary/aromatic N) is 1. The number of unbranched alkanes of at least 4 members (excludes halogenated alkanes) is 5. The minimum absolute atomic E-state index is 0.0239. The van der Waals surface area contributed by atoms with Crippen LogP contribution in [0.3, 0.4) is 0 Å². The van der Waals surface area contributed by atoms with Crippen LogP contribution in [-0.4, -0.2) is 10.2 Å². The molecule has 1 aromatic rings. The maximum absolute atomic E-state index is 9.40. The topological polar surface area (TPSA) is 44.3 Å². The van der Waals surface area contributed by atoms with Crippen LogP contribution in [0, 0.1) is 0 Å². The lowest BCUT2D eigenvalue weighted by Crippen LogP contribution is -2.38. The van der Waals surface area contributed by atoms with Gasteiger partial charge in [0.05, 0.1) is 0 Å². The Hall–Kier alpha value is -1.09. The lowest BCUT2D eigenvalue weighted by Gasteiger charge is -2.03. The minimum atomic E-state index is 0.0239. The van der Waals surface area contributed by atoms with Gasteiger partial charge in [-0.1, -0.05) is 32.6 Å². The molecule has 0 atom stereocenters. The van der Waals surface area contributed by atoms with E-state index in [9.17, 15) is 10.2 Å². The molecule has 3 nitrogen and oxygen atoms in total.